The summed E-state index contributed by atoms with van der Waals surface area (Å²) in [5, 5.41) is 0. The second-order valence-electron chi connectivity index (χ2n) is 8.15. The Bertz CT molecular complexity index is 595. The zero-order valence-corrected chi connectivity index (χ0v) is 16.3. The Hall–Kier alpha value is -1.30. The zero-order chi connectivity index (χ0) is 18.0. The Balaban J connectivity index is 1.89. The Morgan fingerprint density at radius 1 is 1.08 bits per heavy atom. The van der Waals surface area contributed by atoms with Crippen LogP contribution in [0.25, 0.3) is 0 Å². The standard InChI is InChI=1S/C20H32N2O3/c1-20(2)12-15-10-17(23-4)18(24-5)11-16(15)19(25-14-20)13-22-8-6-21(3)7-9-22/h10-11,19H,6-9,12-14H2,1-5H3. The first-order valence-electron chi connectivity index (χ1n) is 9.19. The highest BCUT2D eigenvalue weighted by Crippen LogP contribution is 2.40. The van der Waals surface area contributed by atoms with E-state index in [0.717, 1.165) is 57.3 Å². The molecule has 3 rings (SSSR count). The molecule has 140 valence electrons. The van der Waals surface area contributed by atoms with Gasteiger partial charge in [0.05, 0.1) is 26.9 Å². The number of benzene rings is 1. The fourth-order valence-electron chi connectivity index (χ4n) is 3.79. The number of ether oxygens (including phenoxy) is 3. The van der Waals surface area contributed by atoms with Crippen molar-refractivity contribution >= 4 is 0 Å². The van der Waals surface area contributed by atoms with Gasteiger partial charge in [-0.15, -0.1) is 0 Å². The van der Waals surface area contributed by atoms with Crippen LogP contribution in [0.4, 0.5) is 0 Å². The third-order valence-electron chi connectivity index (χ3n) is 5.36. The molecular weight excluding hydrogens is 316 g/mol. The highest BCUT2D eigenvalue weighted by atomic mass is 16.5. The molecule has 2 heterocycles. The number of nitrogens with zero attached hydrogens (tertiary/aromatic N) is 2. The molecule has 1 aromatic carbocycles. The molecule has 1 atom stereocenters. The van der Waals surface area contributed by atoms with Crippen LogP contribution >= 0.6 is 0 Å². The summed E-state index contributed by atoms with van der Waals surface area (Å²) in [7, 11) is 5.58. The van der Waals surface area contributed by atoms with Gasteiger partial charge in [-0.25, -0.2) is 0 Å². The van der Waals surface area contributed by atoms with Gasteiger partial charge < -0.3 is 19.1 Å². The maximum atomic E-state index is 6.40. The molecule has 5 heteroatoms. The Labute approximate surface area is 151 Å². The van der Waals surface area contributed by atoms with Gasteiger partial charge in [0.15, 0.2) is 11.5 Å². The molecule has 1 aromatic rings. The lowest BCUT2D eigenvalue weighted by atomic mass is 9.85. The summed E-state index contributed by atoms with van der Waals surface area (Å²) in [6, 6.07) is 4.26. The molecule has 0 amide bonds. The first-order valence-corrected chi connectivity index (χ1v) is 9.19. The number of likely N-dealkylation sites (N-methyl/N-ethyl adjacent to an activating group) is 1. The van der Waals surface area contributed by atoms with Crippen LogP contribution in [0.15, 0.2) is 12.1 Å². The van der Waals surface area contributed by atoms with Crippen molar-refractivity contribution in [3.05, 3.63) is 23.3 Å². The number of hydrogen-bond donors (Lipinski definition) is 0. The van der Waals surface area contributed by atoms with Crippen LogP contribution in [0, 0.1) is 5.41 Å². The van der Waals surface area contributed by atoms with E-state index in [4.69, 9.17) is 14.2 Å². The quantitative estimate of drug-likeness (QED) is 0.835. The van der Waals surface area contributed by atoms with Gasteiger partial charge in [0.1, 0.15) is 0 Å². The van der Waals surface area contributed by atoms with Gasteiger partial charge in [-0.1, -0.05) is 13.8 Å². The van der Waals surface area contributed by atoms with Crippen LogP contribution in [-0.2, 0) is 11.2 Å². The van der Waals surface area contributed by atoms with Crippen molar-refractivity contribution in [2.24, 2.45) is 5.41 Å². The normalized spacial score (nSPS) is 24.4. The molecule has 0 spiro atoms. The second-order valence-corrected chi connectivity index (χ2v) is 8.15. The molecule has 25 heavy (non-hydrogen) atoms. The molecule has 1 saturated heterocycles. The number of fused-ring (bicyclic) bond motifs is 1. The summed E-state index contributed by atoms with van der Waals surface area (Å²) in [6.07, 6.45) is 1.07. The van der Waals surface area contributed by atoms with E-state index in [1.165, 1.54) is 11.1 Å². The van der Waals surface area contributed by atoms with Crippen LogP contribution < -0.4 is 9.47 Å². The summed E-state index contributed by atoms with van der Waals surface area (Å²) in [5.41, 5.74) is 2.69. The largest absolute Gasteiger partial charge is 0.493 e. The summed E-state index contributed by atoms with van der Waals surface area (Å²) in [4.78, 5) is 4.90. The van der Waals surface area contributed by atoms with Crippen LogP contribution in [0.3, 0.4) is 0 Å². The third kappa shape index (κ3) is 4.27. The molecule has 0 aliphatic carbocycles. The number of hydrogen-bond acceptors (Lipinski definition) is 5. The molecule has 1 fully saturated rings. The molecule has 0 aromatic heterocycles. The lowest BCUT2D eigenvalue weighted by Crippen LogP contribution is -2.46. The first kappa shape index (κ1) is 18.5. The highest BCUT2D eigenvalue weighted by Gasteiger charge is 2.32. The van der Waals surface area contributed by atoms with E-state index in [-0.39, 0.29) is 11.5 Å². The molecule has 0 N–H and O–H groups in total. The maximum Gasteiger partial charge on any atom is 0.161 e. The number of piperazine rings is 1. The van der Waals surface area contributed by atoms with Crippen molar-refractivity contribution in [3.8, 4) is 11.5 Å². The van der Waals surface area contributed by atoms with E-state index >= 15 is 0 Å². The molecule has 5 nitrogen and oxygen atoms in total. The van der Waals surface area contributed by atoms with E-state index < -0.39 is 0 Å². The minimum absolute atomic E-state index is 0.0833. The SMILES string of the molecule is COc1cc2c(cc1OC)C(CN1CCN(C)CC1)OCC(C)(C)C2. The van der Waals surface area contributed by atoms with E-state index in [0.29, 0.717) is 0 Å². The van der Waals surface area contributed by atoms with Crippen LogP contribution in [0.2, 0.25) is 0 Å². The third-order valence-corrected chi connectivity index (χ3v) is 5.36. The Morgan fingerprint density at radius 2 is 1.72 bits per heavy atom. The second kappa shape index (κ2) is 7.52. The summed E-state index contributed by atoms with van der Waals surface area (Å²) < 4.78 is 17.5. The van der Waals surface area contributed by atoms with Crippen LogP contribution in [0.1, 0.15) is 31.1 Å². The molecular formula is C20H32N2O3. The van der Waals surface area contributed by atoms with Crippen molar-refractivity contribution in [2.75, 3.05) is 60.6 Å². The van der Waals surface area contributed by atoms with Gasteiger partial charge >= 0.3 is 0 Å². The minimum atomic E-state index is 0.0833. The van der Waals surface area contributed by atoms with Gasteiger partial charge in [0, 0.05) is 32.7 Å². The van der Waals surface area contributed by atoms with Gasteiger partial charge in [0.25, 0.3) is 0 Å². The van der Waals surface area contributed by atoms with Crippen molar-refractivity contribution in [1.29, 1.82) is 0 Å². The lowest BCUT2D eigenvalue weighted by molar-refractivity contribution is -0.0145. The molecule has 2 aliphatic rings. The van der Waals surface area contributed by atoms with Gasteiger partial charge in [-0.3, -0.25) is 4.90 Å². The van der Waals surface area contributed by atoms with Gasteiger partial charge in [-0.2, -0.15) is 0 Å². The fraction of sp³-hybridized carbons (Fsp3) is 0.700. The molecule has 0 bridgehead atoms. The summed E-state index contributed by atoms with van der Waals surface area (Å²) in [5.74, 6) is 1.59. The van der Waals surface area contributed by atoms with Crippen molar-refractivity contribution < 1.29 is 14.2 Å². The van der Waals surface area contributed by atoms with Crippen molar-refractivity contribution in [2.45, 2.75) is 26.4 Å². The molecule has 1 unspecified atom stereocenters. The average molecular weight is 348 g/mol. The monoisotopic (exact) mass is 348 g/mol. The first-order chi connectivity index (χ1) is 11.9. The van der Waals surface area contributed by atoms with Gasteiger partial charge in [-0.05, 0) is 42.1 Å². The maximum absolute atomic E-state index is 6.40. The zero-order valence-electron chi connectivity index (χ0n) is 16.3. The fourth-order valence-corrected chi connectivity index (χ4v) is 3.79. The van der Waals surface area contributed by atoms with Gasteiger partial charge in [0.2, 0.25) is 0 Å². The summed E-state index contributed by atoms with van der Waals surface area (Å²) >= 11 is 0. The highest BCUT2D eigenvalue weighted by molar-refractivity contribution is 5.49. The molecule has 2 aliphatic heterocycles. The van der Waals surface area contributed by atoms with Crippen molar-refractivity contribution in [3.63, 3.8) is 0 Å². The molecule has 0 radical (unpaired) electrons. The predicted octanol–water partition coefficient (Wildman–Crippen LogP) is 2.59. The van der Waals surface area contributed by atoms with E-state index in [1.54, 1.807) is 14.2 Å². The van der Waals surface area contributed by atoms with E-state index in [2.05, 4.69) is 42.8 Å². The summed E-state index contributed by atoms with van der Waals surface area (Å²) in [6.45, 7) is 10.7. The average Bonchev–Trinajstić information content (AvgIpc) is 2.71. The van der Waals surface area contributed by atoms with Crippen LogP contribution in [-0.4, -0.2) is 70.4 Å². The van der Waals surface area contributed by atoms with E-state index in [9.17, 15) is 0 Å². The topological polar surface area (TPSA) is 34.2 Å². The van der Waals surface area contributed by atoms with Crippen LogP contribution in [0.5, 0.6) is 11.5 Å². The smallest absolute Gasteiger partial charge is 0.161 e. The molecule has 0 saturated carbocycles. The Morgan fingerprint density at radius 3 is 2.36 bits per heavy atom. The predicted molar refractivity (Wildman–Crippen MR) is 99.7 cm³/mol. The van der Waals surface area contributed by atoms with Crippen molar-refractivity contribution in [1.82, 2.24) is 9.80 Å². The minimum Gasteiger partial charge on any atom is -0.493 e. The Kier molecular flexibility index (Phi) is 5.56. The number of rotatable bonds is 4. The number of methoxy groups -OCH3 is 2. The lowest BCUT2D eigenvalue weighted by Gasteiger charge is -2.35. The van der Waals surface area contributed by atoms with E-state index in [1.807, 2.05) is 0 Å².